The second-order valence-corrected chi connectivity index (χ2v) is 6.66. The SMILES string of the molecule is Cc1ccc(C(c2ccccn2)N(C)C(=O)Cc2c(C)n[nH]c2C)cc1. The maximum atomic E-state index is 13.0. The molecule has 0 aliphatic heterocycles. The standard InChI is InChI=1S/C21H24N4O/c1-14-8-10-17(11-9-14)21(19-7-5-6-12-22-19)25(4)20(26)13-18-15(2)23-24-16(18)3/h5-12,21H,13H2,1-4H3,(H,23,24). The third-order valence-electron chi connectivity index (χ3n) is 4.75. The molecule has 1 unspecified atom stereocenters. The van der Waals surface area contributed by atoms with Crippen molar-refractivity contribution in [3.8, 4) is 0 Å². The quantitative estimate of drug-likeness (QED) is 0.767. The molecule has 134 valence electrons. The fourth-order valence-electron chi connectivity index (χ4n) is 3.13. The van der Waals surface area contributed by atoms with E-state index in [-0.39, 0.29) is 11.9 Å². The average Bonchev–Trinajstić information content (AvgIpc) is 2.96. The van der Waals surface area contributed by atoms with Gasteiger partial charge in [-0.1, -0.05) is 35.9 Å². The third-order valence-corrected chi connectivity index (χ3v) is 4.75. The normalized spacial score (nSPS) is 12.0. The molecule has 1 amide bonds. The molecule has 3 rings (SSSR count). The van der Waals surface area contributed by atoms with Crippen LogP contribution < -0.4 is 0 Å². The van der Waals surface area contributed by atoms with Gasteiger partial charge in [-0.25, -0.2) is 0 Å². The average molecular weight is 348 g/mol. The minimum Gasteiger partial charge on any atom is -0.333 e. The Hall–Kier alpha value is -2.95. The van der Waals surface area contributed by atoms with Gasteiger partial charge in [-0.2, -0.15) is 5.10 Å². The highest BCUT2D eigenvalue weighted by Gasteiger charge is 2.25. The fourth-order valence-corrected chi connectivity index (χ4v) is 3.13. The first kappa shape index (κ1) is 17.9. The first-order valence-electron chi connectivity index (χ1n) is 8.71. The minimum atomic E-state index is -0.225. The highest BCUT2D eigenvalue weighted by molar-refractivity contribution is 5.80. The molecule has 2 heterocycles. The summed E-state index contributed by atoms with van der Waals surface area (Å²) in [5.74, 6) is 0.0360. The third kappa shape index (κ3) is 3.67. The van der Waals surface area contributed by atoms with Crippen molar-refractivity contribution < 1.29 is 4.79 Å². The largest absolute Gasteiger partial charge is 0.333 e. The molecule has 0 spiro atoms. The molecule has 0 fully saturated rings. The van der Waals surface area contributed by atoms with Crippen molar-refractivity contribution in [2.75, 3.05) is 7.05 Å². The topological polar surface area (TPSA) is 61.9 Å². The van der Waals surface area contributed by atoms with Crippen LogP contribution in [0, 0.1) is 20.8 Å². The molecule has 5 heteroatoms. The number of aromatic amines is 1. The molecular formula is C21H24N4O. The van der Waals surface area contributed by atoms with E-state index in [1.165, 1.54) is 5.56 Å². The van der Waals surface area contributed by atoms with Crippen LogP contribution in [0.2, 0.25) is 0 Å². The van der Waals surface area contributed by atoms with E-state index in [0.29, 0.717) is 6.42 Å². The molecule has 1 N–H and O–H groups in total. The van der Waals surface area contributed by atoms with Crippen LogP contribution >= 0.6 is 0 Å². The summed E-state index contributed by atoms with van der Waals surface area (Å²) in [6.45, 7) is 5.92. The highest BCUT2D eigenvalue weighted by atomic mass is 16.2. The molecule has 5 nitrogen and oxygen atoms in total. The van der Waals surface area contributed by atoms with Crippen LogP contribution in [0.3, 0.4) is 0 Å². The molecule has 0 saturated carbocycles. The van der Waals surface area contributed by atoms with Crippen LogP contribution in [-0.2, 0) is 11.2 Å². The number of nitrogens with one attached hydrogen (secondary N) is 1. The predicted molar refractivity (Wildman–Crippen MR) is 102 cm³/mol. The summed E-state index contributed by atoms with van der Waals surface area (Å²) in [6.07, 6.45) is 2.08. The molecule has 0 bridgehead atoms. The summed E-state index contributed by atoms with van der Waals surface area (Å²) < 4.78 is 0. The molecule has 1 aromatic carbocycles. The lowest BCUT2D eigenvalue weighted by molar-refractivity contribution is -0.130. The van der Waals surface area contributed by atoms with Gasteiger partial charge in [0.15, 0.2) is 0 Å². The van der Waals surface area contributed by atoms with E-state index in [4.69, 9.17) is 0 Å². The molecule has 0 saturated heterocycles. The lowest BCUT2D eigenvalue weighted by Gasteiger charge is -2.28. The van der Waals surface area contributed by atoms with Crippen molar-refractivity contribution in [2.45, 2.75) is 33.2 Å². The summed E-state index contributed by atoms with van der Waals surface area (Å²) in [7, 11) is 1.84. The van der Waals surface area contributed by atoms with Crippen LogP contribution in [0.4, 0.5) is 0 Å². The Morgan fingerprint density at radius 3 is 2.42 bits per heavy atom. The van der Waals surface area contributed by atoms with Crippen molar-refractivity contribution in [3.63, 3.8) is 0 Å². The number of amides is 1. The van der Waals surface area contributed by atoms with E-state index < -0.39 is 0 Å². The van der Waals surface area contributed by atoms with Crippen LogP contribution in [0.5, 0.6) is 0 Å². The van der Waals surface area contributed by atoms with Crippen molar-refractivity contribution in [1.29, 1.82) is 0 Å². The number of nitrogens with zero attached hydrogens (tertiary/aromatic N) is 3. The van der Waals surface area contributed by atoms with E-state index in [1.807, 2.05) is 39.1 Å². The molecule has 0 aliphatic carbocycles. The Kier molecular flexibility index (Phi) is 5.16. The molecule has 2 aromatic heterocycles. The number of hydrogen-bond donors (Lipinski definition) is 1. The van der Waals surface area contributed by atoms with Gasteiger partial charge in [0.1, 0.15) is 0 Å². The van der Waals surface area contributed by atoms with E-state index in [1.54, 1.807) is 11.1 Å². The summed E-state index contributed by atoms with van der Waals surface area (Å²) in [4.78, 5) is 19.3. The first-order valence-corrected chi connectivity index (χ1v) is 8.71. The van der Waals surface area contributed by atoms with Crippen molar-refractivity contribution in [2.24, 2.45) is 0 Å². The maximum absolute atomic E-state index is 13.0. The van der Waals surface area contributed by atoms with Crippen LogP contribution in [0.15, 0.2) is 48.7 Å². The maximum Gasteiger partial charge on any atom is 0.227 e. The van der Waals surface area contributed by atoms with Gasteiger partial charge < -0.3 is 4.90 Å². The number of carbonyl (C=O) groups excluding carboxylic acids is 1. The van der Waals surface area contributed by atoms with E-state index in [0.717, 1.165) is 28.2 Å². The molecule has 0 aliphatic rings. The van der Waals surface area contributed by atoms with Crippen LogP contribution in [0.25, 0.3) is 0 Å². The van der Waals surface area contributed by atoms with Crippen molar-refractivity contribution >= 4 is 5.91 Å². The van der Waals surface area contributed by atoms with Gasteiger partial charge in [0, 0.05) is 24.5 Å². The molecule has 26 heavy (non-hydrogen) atoms. The first-order chi connectivity index (χ1) is 12.5. The van der Waals surface area contributed by atoms with Gasteiger partial charge in [-0.3, -0.25) is 14.9 Å². The molecular weight excluding hydrogens is 324 g/mol. The van der Waals surface area contributed by atoms with E-state index in [2.05, 4.69) is 46.4 Å². The van der Waals surface area contributed by atoms with Gasteiger partial charge in [0.05, 0.1) is 23.9 Å². The smallest absolute Gasteiger partial charge is 0.227 e. The van der Waals surface area contributed by atoms with Gasteiger partial charge in [0.2, 0.25) is 5.91 Å². The zero-order valence-electron chi connectivity index (χ0n) is 15.7. The van der Waals surface area contributed by atoms with Gasteiger partial charge in [-0.15, -0.1) is 0 Å². The van der Waals surface area contributed by atoms with Crippen molar-refractivity contribution in [1.82, 2.24) is 20.1 Å². The molecule has 0 radical (unpaired) electrons. The number of pyridine rings is 1. The number of likely N-dealkylation sites (N-methyl/N-ethyl adjacent to an activating group) is 1. The fraction of sp³-hybridized carbons (Fsp3) is 0.286. The van der Waals surface area contributed by atoms with Gasteiger partial charge >= 0.3 is 0 Å². The van der Waals surface area contributed by atoms with Crippen LogP contribution in [-0.4, -0.2) is 33.0 Å². The predicted octanol–water partition coefficient (Wildman–Crippen LogP) is 3.52. The Balaban J connectivity index is 1.93. The summed E-state index contributed by atoms with van der Waals surface area (Å²) in [6, 6.07) is 13.8. The summed E-state index contributed by atoms with van der Waals surface area (Å²) >= 11 is 0. The number of benzene rings is 1. The summed E-state index contributed by atoms with van der Waals surface area (Å²) in [5, 5.41) is 7.14. The lowest BCUT2D eigenvalue weighted by atomic mass is 9.99. The van der Waals surface area contributed by atoms with Gasteiger partial charge in [-0.05, 0) is 38.5 Å². The number of aromatic nitrogens is 3. The summed E-state index contributed by atoms with van der Waals surface area (Å²) in [5.41, 5.74) is 5.86. The Morgan fingerprint density at radius 2 is 1.85 bits per heavy atom. The lowest BCUT2D eigenvalue weighted by Crippen LogP contribution is -2.33. The molecule has 3 aromatic rings. The number of hydrogen-bond acceptors (Lipinski definition) is 3. The van der Waals surface area contributed by atoms with Crippen molar-refractivity contribution in [3.05, 3.63) is 82.4 Å². The number of carbonyl (C=O) groups is 1. The number of aryl methyl sites for hydroxylation is 3. The minimum absolute atomic E-state index is 0.0360. The second kappa shape index (κ2) is 7.52. The van der Waals surface area contributed by atoms with Crippen LogP contribution in [0.1, 0.15) is 39.8 Å². The Morgan fingerprint density at radius 1 is 1.12 bits per heavy atom. The molecule has 1 atom stereocenters. The number of rotatable bonds is 5. The Labute approximate surface area is 154 Å². The monoisotopic (exact) mass is 348 g/mol. The number of H-pyrrole nitrogens is 1. The Bertz CT molecular complexity index is 865. The second-order valence-electron chi connectivity index (χ2n) is 6.66. The van der Waals surface area contributed by atoms with E-state index >= 15 is 0 Å². The van der Waals surface area contributed by atoms with E-state index in [9.17, 15) is 4.79 Å². The van der Waals surface area contributed by atoms with Gasteiger partial charge in [0.25, 0.3) is 0 Å². The zero-order valence-corrected chi connectivity index (χ0v) is 15.7. The highest BCUT2D eigenvalue weighted by Crippen LogP contribution is 2.27. The zero-order chi connectivity index (χ0) is 18.7.